The van der Waals surface area contributed by atoms with E-state index in [0.717, 1.165) is 25.1 Å². The van der Waals surface area contributed by atoms with Gasteiger partial charge in [0.05, 0.1) is 18.4 Å². The first-order valence-corrected chi connectivity index (χ1v) is 5.51. The molecular formula is C12H18N2O. The topological polar surface area (TPSA) is 48.1 Å². The van der Waals surface area contributed by atoms with E-state index in [-0.39, 0.29) is 0 Å². The molecule has 1 heterocycles. The highest BCUT2D eigenvalue weighted by Crippen LogP contribution is 2.29. The molecular weight excluding hydrogens is 188 g/mol. The smallest absolute Gasteiger partial charge is 0.0894 e. The third-order valence-electron chi connectivity index (χ3n) is 3.10. The van der Waals surface area contributed by atoms with Crippen molar-refractivity contribution in [2.45, 2.75) is 32.5 Å². The van der Waals surface area contributed by atoms with Crippen molar-refractivity contribution >= 4 is 0 Å². The highest BCUT2D eigenvalue weighted by Gasteiger charge is 2.28. The van der Waals surface area contributed by atoms with E-state index in [1.54, 1.807) is 0 Å². The highest BCUT2D eigenvalue weighted by atomic mass is 16.5. The van der Waals surface area contributed by atoms with Crippen molar-refractivity contribution in [2.75, 3.05) is 6.54 Å². The van der Waals surface area contributed by atoms with Gasteiger partial charge in [-0.15, -0.1) is 0 Å². The molecule has 3 heteroatoms. The van der Waals surface area contributed by atoms with Crippen LogP contribution in [0.3, 0.4) is 0 Å². The van der Waals surface area contributed by atoms with Crippen LogP contribution in [0, 0.1) is 12.8 Å². The molecule has 82 valence electrons. The third kappa shape index (κ3) is 2.55. The maximum atomic E-state index is 5.76. The lowest BCUT2D eigenvalue weighted by molar-refractivity contribution is -0.0389. The molecule has 0 saturated heterocycles. The fourth-order valence-electron chi connectivity index (χ4n) is 1.87. The lowest BCUT2D eigenvalue weighted by Crippen LogP contribution is -2.35. The Kier molecular flexibility index (Phi) is 3.34. The summed E-state index contributed by atoms with van der Waals surface area (Å²) in [7, 11) is 0. The van der Waals surface area contributed by atoms with Crippen molar-refractivity contribution in [2.24, 2.45) is 11.7 Å². The molecule has 0 atom stereocenters. The summed E-state index contributed by atoms with van der Waals surface area (Å²) >= 11 is 0. The van der Waals surface area contributed by atoms with E-state index in [1.807, 2.05) is 12.3 Å². The standard InChI is InChI=1S/C12H18N2O/c1-9-3-2-4-14-12(9)8-15-11-5-10(6-11)7-13/h2-4,10-11H,5-8,13H2,1H3. The molecule has 1 aromatic rings. The maximum absolute atomic E-state index is 5.76. The van der Waals surface area contributed by atoms with Gasteiger partial charge in [-0.05, 0) is 43.9 Å². The SMILES string of the molecule is Cc1cccnc1COC1CC(CN)C1. The van der Waals surface area contributed by atoms with Gasteiger partial charge >= 0.3 is 0 Å². The second-order valence-corrected chi connectivity index (χ2v) is 4.27. The molecule has 0 aromatic carbocycles. The normalized spacial score (nSPS) is 24.9. The Labute approximate surface area is 90.7 Å². The zero-order valence-electron chi connectivity index (χ0n) is 9.15. The summed E-state index contributed by atoms with van der Waals surface area (Å²) in [6.07, 6.45) is 4.44. The first-order valence-electron chi connectivity index (χ1n) is 5.51. The van der Waals surface area contributed by atoms with E-state index in [9.17, 15) is 0 Å². The molecule has 0 spiro atoms. The van der Waals surface area contributed by atoms with Gasteiger partial charge in [0.1, 0.15) is 0 Å². The monoisotopic (exact) mass is 206 g/mol. The molecule has 2 N–H and O–H groups in total. The van der Waals surface area contributed by atoms with Crippen LogP contribution in [0.5, 0.6) is 0 Å². The van der Waals surface area contributed by atoms with Gasteiger partial charge in [-0.1, -0.05) is 6.07 Å². The minimum Gasteiger partial charge on any atom is -0.372 e. The number of aryl methyl sites for hydroxylation is 1. The first-order chi connectivity index (χ1) is 7.29. The highest BCUT2D eigenvalue weighted by molar-refractivity contribution is 5.16. The Morgan fingerprint density at radius 3 is 3.00 bits per heavy atom. The number of nitrogens with zero attached hydrogens (tertiary/aromatic N) is 1. The van der Waals surface area contributed by atoms with Crippen LogP contribution in [0.1, 0.15) is 24.1 Å². The molecule has 1 aliphatic rings. The maximum Gasteiger partial charge on any atom is 0.0894 e. The summed E-state index contributed by atoms with van der Waals surface area (Å²) in [5, 5.41) is 0. The molecule has 0 radical (unpaired) electrons. The Hall–Kier alpha value is -0.930. The molecule has 1 aliphatic carbocycles. The molecule has 0 unspecified atom stereocenters. The van der Waals surface area contributed by atoms with E-state index >= 15 is 0 Å². The van der Waals surface area contributed by atoms with Gasteiger partial charge in [0.2, 0.25) is 0 Å². The average Bonchev–Trinajstić information content (AvgIpc) is 2.18. The summed E-state index contributed by atoms with van der Waals surface area (Å²) in [5.41, 5.74) is 7.81. The van der Waals surface area contributed by atoms with Gasteiger partial charge in [-0.3, -0.25) is 4.98 Å². The minimum atomic E-state index is 0.403. The van der Waals surface area contributed by atoms with Crippen LogP contribution in [-0.4, -0.2) is 17.6 Å². The van der Waals surface area contributed by atoms with Crippen molar-refractivity contribution < 1.29 is 4.74 Å². The van der Waals surface area contributed by atoms with Crippen LogP contribution < -0.4 is 5.73 Å². The number of aromatic nitrogens is 1. The van der Waals surface area contributed by atoms with E-state index in [1.165, 1.54) is 5.56 Å². The molecule has 1 aromatic heterocycles. The van der Waals surface area contributed by atoms with Gasteiger partial charge in [0.25, 0.3) is 0 Å². The molecule has 2 rings (SSSR count). The fraction of sp³-hybridized carbons (Fsp3) is 0.583. The number of rotatable bonds is 4. The van der Waals surface area contributed by atoms with E-state index < -0.39 is 0 Å². The van der Waals surface area contributed by atoms with Crippen LogP contribution in [0.2, 0.25) is 0 Å². The van der Waals surface area contributed by atoms with Gasteiger partial charge in [-0.2, -0.15) is 0 Å². The van der Waals surface area contributed by atoms with Gasteiger partial charge in [0.15, 0.2) is 0 Å². The average molecular weight is 206 g/mol. The molecule has 3 nitrogen and oxygen atoms in total. The van der Waals surface area contributed by atoms with Gasteiger partial charge in [-0.25, -0.2) is 0 Å². The Morgan fingerprint density at radius 1 is 1.53 bits per heavy atom. The van der Waals surface area contributed by atoms with Crippen LogP contribution in [0.15, 0.2) is 18.3 Å². The van der Waals surface area contributed by atoms with Crippen LogP contribution in [0.25, 0.3) is 0 Å². The van der Waals surface area contributed by atoms with Crippen molar-refractivity contribution in [3.05, 3.63) is 29.6 Å². The van der Waals surface area contributed by atoms with Crippen LogP contribution in [0.4, 0.5) is 0 Å². The Bertz CT molecular complexity index is 321. The largest absolute Gasteiger partial charge is 0.372 e. The molecule has 15 heavy (non-hydrogen) atoms. The number of ether oxygens (including phenoxy) is 1. The number of hydrogen-bond donors (Lipinski definition) is 1. The zero-order chi connectivity index (χ0) is 10.7. The van der Waals surface area contributed by atoms with Crippen LogP contribution >= 0.6 is 0 Å². The lowest BCUT2D eigenvalue weighted by Gasteiger charge is -2.34. The molecule has 0 bridgehead atoms. The van der Waals surface area contributed by atoms with Crippen LogP contribution in [-0.2, 0) is 11.3 Å². The predicted molar refractivity (Wildman–Crippen MR) is 59.3 cm³/mol. The van der Waals surface area contributed by atoms with Crippen molar-refractivity contribution in [3.63, 3.8) is 0 Å². The second kappa shape index (κ2) is 4.73. The molecule has 0 amide bonds. The van der Waals surface area contributed by atoms with Crippen molar-refractivity contribution in [1.82, 2.24) is 4.98 Å². The lowest BCUT2D eigenvalue weighted by atomic mass is 9.82. The van der Waals surface area contributed by atoms with Gasteiger partial charge in [0, 0.05) is 6.20 Å². The number of hydrogen-bond acceptors (Lipinski definition) is 3. The quantitative estimate of drug-likeness (QED) is 0.814. The van der Waals surface area contributed by atoms with Crippen molar-refractivity contribution in [1.29, 1.82) is 0 Å². The minimum absolute atomic E-state index is 0.403. The van der Waals surface area contributed by atoms with E-state index in [2.05, 4.69) is 18.0 Å². The van der Waals surface area contributed by atoms with Crippen molar-refractivity contribution in [3.8, 4) is 0 Å². The predicted octanol–water partition coefficient (Wildman–Crippen LogP) is 1.64. The van der Waals surface area contributed by atoms with Gasteiger partial charge < -0.3 is 10.5 Å². The summed E-state index contributed by atoms with van der Waals surface area (Å²) in [5.74, 6) is 0.680. The summed E-state index contributed by atoms with van der Waals surface area (Å²) in [6.45, 7) is 3.49. The van der Waals surface area contributed by atoms with E-state index in [4.69, 9.17) is 10.5 Å². The molecule has 1 saturated carbocycles. The Morgan fingerprint density at radius 2 is 2.33 bits per heavy atom. The third-order valence-corrected chi connectivity index (χ3v) is 3.10. The summed E-state index contributed by atoms with van der Waals surface area (Å²) in [6, 6.07) is 4.02. The Balaban J connectivity index is 1.77. The molecule has 1 fully saturated rings. The fourth-order valence-corrected chi connectivity index (χ4v) is 1.87. The zero-order valence-corrected chi connectivity index (χ0v) is 9.15. The number of pyridine rings is 1. The summed E-state index contributed by atoms with van der Waals surface area (Å²) < 4.78 is 5.76. The first kappa shape index (κ1) is 10.6. The number of nitrogens with two attached hydrogens (primary N) is 1. The molecule has 0 aliphatic heterocycles. The second-order valence-electron chi connectivity index (χ2n) is 4.27. The summed E-state index contributed by atoms with van der Waals surface area (Å²) in [4.78, 5) is 4.30. The van der Waals surface area contributed by atoms with E-state index in [0.29, 0.717) is 18.6 Å².